The summed E-state index contributed by atoms with van der Waals surface area (Å²) in [5.74, 6) is -0.0268. The molecule has 2 aliphatic carbocycles. The van der Waals surface area contributed by atoms with E-state index in [4.69, 9.17) is 0 Å². The molecule has 0 bridgehead atoms. The third-order valence-electron chi connectivity index (χ3n) is 8.22. The zero-order valence-corrected chi connectivity index (χ0v) is 23.4. The lowest BCUT2D eigenvalue weighted by Crippen LogP contribution is -2.55. The second-order valence-electron chi connectivity index (χ2n) is 11.1. The number of nitrogens with one attached hydrogen (secondary N) is 1. The molecule has 0 radical (unpaired) electrons. The molecule has 2 N–H and O–H groups in total. The van der Waals surface area contributed by atoms with Gasteiger partial charge in [-0.25, -0.2) is 13.3 Å². The van der Waals surface area contributed by atoms with E-state index in [2.05, 4.69) is 43.0 Å². The van der Waals surface area contributed by atoms with E-state index in [0.717, 1.165) is 62.0 Å². The lowest BCUT2D eigenvalue weighted by molar-refractivity contribution is -0.274. The second-order valence-corrected chi connectivity index (χ2v) is 13.2. The molecule has 2 saturated carbocycles. The van der Waals surface area contributed by atoms with Gasteiger partial charge in [-0.3, -0.25) is 0 Å². The smallest absolute Gasteiger partial charge is 0.406 e. The topological polar surface area (TPSA) is 74.2 Å². The molecular formula is C31H34F3N3O3S. The molecule has 0 amide bonds. The van der Waals surface area contributed by atoms with Crippen LogP contribution < -0.4 is 14.4 Å². The van der Waals surface area contributed by atoms with E-state index in [0.29, 0.717) is 18.9 Å². The summed E-state index contributed by atoms with van der Waals surface area (Å²) in [6.45, 7) is 0.395. The lowest BCUT2D eigenvalue weighted by atomic mass is 9.86. The minimum Gasteiger partial charge on any atom is -0.406 e. The summed E-state index contributed by atoms with van der Waals surface area (Å²) in [6, 6.07) is 20.8. The van der Waals surface area contributed by atoms with Crippen molar-refractivity contribution in [1.29, 1.82) is 0 Å². The minimum absolute atomic E-state index is 0.267. The van der Waals surface area contributed by atoms with Crippen molar-refractivity contribution in [3.63, 3.8) is 0 Å². The lowest BCUT2D eigenvalue weighted by Gasteiger charge is -2.43. The highest BCUT2D eigenvalue weighted by molar-refractivity contribution is 7.91. The van der Waals surface area contributed by atoms with Crippen LogP contribution in [0.2, 0.25) is 0 Å². The predicted octanol–water partition coefficient (Wildman–Crippen LogP) is 6.55. The summed E-state index contributed by atoms with van der Waals surface area (Å²) in [5.41, 5.74) is 4.58. The fourth-order valence-electron chi connectivity index (χ4n) is 5.96. The number of para-hydroxylation sites is 2. The van der Waals surface area contributed by atoms with E-state index in [1.165, 1.54) is 23.3 Å². The van der Waals surface area contributed by atoms with Gasteiger partial charge in [0.25, 0.3) is 0 Å². The van der Waals surface area contributed by atoms with Crippen molar-refractivity contribution in [3.05, 3.63) is 83.9 Å². The first kappa shape index (κ1) is 28.1. The van der Waals surface area contributed by atoms with Gasteiger partial charge in [-0.1, -0.05) is 36.4 Å². The Labute approximate surface area is 238 Å². The SMILES string of the molecule is O=S(=NCC1CC1)(N[C@@H]1CCC[C@H](N2c3ccccc3CCc3ccccc32)[C@H]1O)c1ccc(OC(F)(F)F)cc1. The fourth-order valence-corrected chi connectivity index (χ4v) is 7.91. The average Bonchev–Trinajstić information content (AvgIpc) is 3.79. The van der Waals surface area contributed by atoms with Gasteiger partial charge >= 0.3 is 6.36 Å². The number of hydrogen-bond donors (Lipinski definition) is 2. The summed E-state index contributed by atoms with van der Waals surface area (Å²) in [5, 5.41) is 11.9. The van der Waals surface area contributed by atoms with Crippen LogP contribution in [0.5, 0.6) is 5.75 Å². The van der Waals surface area contributed by atoms with Crippen LogP contribution in [0.3, 0.4) is 0 Å². The van der Waals surface area contributed by atoms with Gasteiger partial charge in [0.1, 0.15) is 15.7 Å². The van der Waals surface area contributed by atoms with Crippen molar-refractivity contribution in [3.8, 4) is 5.75 Å². The summed E-state index contributed by atoms with van der Waals surface area (Å²) in [7, 11) is -3.24. The maximum atomic E-state index is 14.4. The number of rotatable bonds is 7. The summed E-state index contributed by atoms with van der Waals surface area (Å²) in [4.78, 5) is 2.52. The molecule has 0 spiro atoms. The number of anilines is 2. The molecule has 0 aromatic heterocycles. The quantitative estimate of drug-likeness (QED) is 0.330. The Bertz CT molecular complexity index is 1450. The van der Waals surface area contributed by atoms with Gasteiger partial charge < -0.3 is 14.7 Å². The fraction of sp³-hybridized carbons (Fsp3) is 0.419. The Morgan fingerprint density at radius 3 is 2.10 bits per heavy atom. The highest BCUT2D eigenvalue weighted by atomic mass is 32.2. The third-order valence-corrected chi connectivity index (χ3v) is 10.3. The number of benzene rings is 3. The second kappa shape index (κ2) is 11.3. The molecule has 2 fully saturated rings. The Hall–Kier alpha value is -3.08. The van der Waals surface area contributed by atoms with Gasteiger partial charge in [0.15, 0.2) is 0 Å². The average molecular weight is 586 g/mol. The number of alkyl halides is 3. The zero-order chi connectivity index (χ0) is 28.6. The van der Waals surface area contributed by atoms with Crippen LogP contribution in [0.15, 0.2) is 82.1 Å². The third kappa shape index (κ3) is 6.24. The van der Waals surface area contributed by atoms with Gasteiger partial charge in [0, 0.05) is 17.4 Å². The van der Waals surface area contributed by atoms with Gasteiger partial charge in [0.2, 0.25) is 0 Å². The van der Waals surface area contributed by atoms with Crippen molar-refractivity contribution < 1.29 is 27.2 Å². The van der Waals surface area contributed by atoms with E-state index < -0.39 is 28.4 Å². The molecule has 1 heterocycles. The highest BCUT2D eigenvalue weighted by Crippen LogP contribution is 2.41. The number of aryl methyl sites for hydroxylation is 2. The Balaban J connectivity index is 1.31. The molecule has 4 atom stereocenters. The van der Waals surface area contributed by atoms with E-state index >= 15 is 0 Å². The predicted molar refractivity (Wildman–Crippen MR) is 153 cm³/mol. The van der Waals surface area contributed by atoms with Crippen molar-refractivity contribution in [2.45, 2.75) is 74.4 Å². The van der Waals surface area contributed by atoms with Crippen LogP contribution in [0.1, 0.15) is 43.2 Å². The van der Waals surface area contributed by atoms with Gasteiger partial charge in [-0.15, -0.1) is 13.2 Å². The van der Waals surface area contributed by atoms with E-state index in [9.17, 15) is 22.5 Å². The van der Waals surface area contributed by atoms with Gasteiger partial charge in [-0.05, 0) is 98.4 Å². The zero-order valence-electron chi connectivity index (χ0n) is 22.6. The van der Waals surface area contributed by atoms with Crippen LogP contribution in [0.25, 0.3) is 0 Å². The maximum Gasteiger partial charge on any atom is 0.573 e. The van der Waals surface area contributed by atoms with Gasteiger partial charge in [-0.2, -0.15) is 0 Å². The highest BCUT2D eigenvalue weighted by Gasteiger charge is 2.40. The number of halogens is 3. The molecule has 3 aromatic rings. The molecule has 10 heteroatoms. The van der Waals surface area contributed by atoms with E-state index in [-0.39, 0.29) is 16.7 Å². The van der Waals surface area contributed by atoms with Gasteiger partial charge in [0.05, 0.1) is 23.6 Å². The summed E-state index contributed by atoms with van der Waals surface area (Å²) >= 11 is 0. The van der Waals surface area contributed by atoms with Crippen LogP contribution in [0.4, 0.5) is 24.5 Å². The number of hydrogen-bond acceptors (Lipinski definition) is 5. The molecule has 41 heavy (non-hydrogen) atoms. The molecule has 6 nitrogen and oxygen atoms in total. The molecule has 3 aliphatic rings. The van der Waals surface area contributed by atoms with E-state index in [1.807, 2.05) is 24.3 Å². The first-order chi connectivity index (χ1) is 19.7. The van der Waals surface area contributed by atoms with Crippen LogP contribution in [0, 0.1) is 5.92 Å². The molecule has 0 saturated heterocycles. The monoisotopic (exact) mass is 585 g/mol. The standard InChI is InChI=1S/C31H34F3N3O3S/c32-31(33,34)40-24-16-18-25(19-17-24)41(39,35-20-21-12-13-21)36-26-8-5-11-29(30(26)38)37-27-9-3-1-6-22(27)14-15-23-7-2-4-10-28(23)37/h1-4,6-7,9-10,16-19,21,26,29-30,38H,5,8,11-15,20H2,(H,35,36,39)/t26-,29+,30+,41?/m1/s1. The summed E-state index contributed by atoms with van der Waals surface area (Å²) in [6.07, 6.45) is 0.296. The first-order valence-electron chi connectivity index (χ1n) is 14.2. The summed E-state index contributed by atoms with van der Waals surface area (Å²) < 4.78 is 64.3. The van der Waals surface area contributed by atoms with Crippen LogP contribution in [-0.2, 0) is 22.8 Å². The molecule has 1 aliphatic heterocycles. The molecule has 3 aromatic carbocycles. The Kier molecular flexibility index (Phi) is 7.74. The van der Waals surface area contributed by atoms with Crippen molar-refractivity contribution in [2.24, 2.45) is 10.3 Å². The normalized spacial score (nSPS) is 24.0. The van der Waals surface area contributed by atoms with Crippen LogP contribution in [-0.4, -0.2) is 40.4 Å². The van der Waals surface area contributed by atoms with E-state index in [1.54, 1.807) is 0 Å². The van der Waals surface area contributed by atoms with Crippen molar-refractivity contribution >= 4 is 21.3 Å². The number of nitrogens with zero attached hydrogens (tertiary/aromatic N) is 2. The largest absolute Gasteiger partial charge is 0.573 e. The minimum atomic E-state index is -4.82. The molecule has 1 unspecified atom stereocenters. The Morgan fingerprint density at radius 2 is 1.51 bits per heavy atom. The number of ether oxygens (including phenoxy) is 1. The molecule has 218 valence electrons. The first-order valence-corrected chi connectivity index (χ1v) is 15.7. The number of fused-ring (bicyclic) bond motifs is 2. The molecular weight excluding hydrogens is 551 g/mol. The maximum absolute atomic E-state index is 14.4. The number of aliphatic hydroxyl groups excluding tert-OH is 1. The Morgan fingerprint density at radius 1 is 0.902 bits per heavy atom. The number of aliphatic hydroxyl groups is 1. The van der Waals surface area contributed by atoms with Crippen molar-refractivity contribution in [2.75, 3.05) is 11.4 Å². The van der Waals surface area contributed by atoms with Crippen LogP contribution >= 0.6 is 0 Å². The van der Waals surface area contributed by atoms with Crippen molar-refractivity contribution in [1.82, 2.24) is 4.72 Å². The molecule has 6 rings (SSSR count).